The van der Waals surface area contributed by atoms with E-state index < -0.39 is 27.2 Å². The summed E-state index contributed by atoms with van der Waals surface area (Å²) in [7, 11) is -3.54. The normalized spacial score (nSPS) is 14.3. The summed E-state index contributed by atoms with van der Waals surface area (Å²) >= 11 is 0.934. The zero-order chi connectivity index (χ0) is 22.1. The molecule has 7 nitrogen and oxygen atoms in total. The molecule has 0 aromatic carbocycles. The molecule has 1 atom stereocenters. The van der Waals surface area contributed by atoms with Gasteiger partial charge in [-0.05, 0) is 36.8 Å². The molecule has 2 rings (SSSR count). The van der Waals surface area contributed by atoms with E-state index in [4.69, 9.17) is 5.14 Å². The average Bonchev–Trinajstić information content (AvgIpc) is 3.04. The highest BCUT2D eigenvalue weighted by atomic mass is 32.2. The van der Waals surface area contributed by atoms with Crippen molar-refractivity contribution >= 4 is 27.2 Å². The van der Waals surface area contributed by atoms with E-state index >= 15 is 0 Å². The fourth-order valence-corrected chi connectivity index (χ4v) is 5.06. The van der Waals surface area contributed by atoms with Gasteiger partial charge in [0.2, 0.25) is 0 Å². The van der Waals surface area contributed by atoms with Crippen LogP contribution < -0.4 is 5.14 Å². The minimum atomic E-state index is -3.54. The molecule has 3 N–H and O–H groups in total. The van der Waals surface area contributed by atoms with Gasteiger partial charge in [0.25, 0.3) is 5.91 Å². The molecule has 0 aliphatic heterocycles. The molecule has 29 heavy (non-hydrogen) atoms. The van der Waals surface area contributed by atoms with Crippen LogP contribution >= 0.6 is 11.3 Å². The van der Waals surface area contributed by atoms with Crippen molar-refractivity contribution in [1.82, 2.24) is 9.97 Å². The number of thiazole rings is 1. The number of amides is 1. The van der Waals surface area contributed by atoms with E-state index in [-0.39, 0.29) is 22.5 Å². The Kier molecular flexibility index (Phi) is 6.93. The van der Waals surface area contributed by atoms with Crippen molar-refractivity contribution < 1.29 is 18.5 Å². The third-order valence-electron chi connectivity index (χ3n) is 4.19. The Bertz CT molecular complexity index is 1030. The first-order valence-corrected chi connectivity index (χ1v) is 11.6. The first-order chi connectivity index (χ1) is 13.2. The predicted octanol–water partition coefficient (Wildman–Crippen LogP) is 3.62. The highest BCUT2D eigenvalue weighted by Gasteiger charge is 2.25. The number of halogens is 1. The van der Waals surface area contributed by atoms with Crippen molar-refractivity contribution in [2.45, 2.75) is 69.6 Å². The molecule has 2 aromatic rings. The summed E-state index contributed by atoms with van der Waals surface area (Å²) in [6.45, 7) is 10.5. The Hall–Kier alpha value is -1.75. The number of aliphatic hydroxyl groups is 1. The van der Waals surface area contributed by atoms with Crippen LogP contribution in [0.3, 0.4) is 0 Å². The van der Waals surface area contributed by atoms with Crippen LogP contribution in [0.1, 0.15) is 75.2 Å². The Labute approximate surface area is 174 Å². The second kappa shape index (κ2) is 8.55. The molecule has 0 spiro atoms. The highest BCUT2D eigenvalue weighted by molar-refractivity contribution is 7.93. The first-order valence-electron chi connectivity index (χ1n) is 9.17. The number of nitrogens with zero attached hydrogens (tertiary/aromatic N) is 3. The monoisotopic (exact) mass is 442 g/mol. The minimum Gasteiger partial charge on any atom is -0.383 e. The topological polar surface area (TPSA) is 119 Å². The van der Waals surface area contributed by atoms with Crippen molar-refractivity contribution in [1.29, 1.82) is 0 Å². The molecule has 0 saturated carbocycles. The maximum atomic E-state index is 14.4. The lowest BCUT2D eigenvalue weighted by Gasteiger charge is -2.18. The van der Waals surface area contributed by atoms with Crippen LogP contribution in [0.25, 0.3) is 0 Å². The van der Waals surface area contributed by atoms with Crippen LogP contribution in [0.2, 0.25) is 0 Å². The summed E-state index contributed by atoms with van der Waals surface area (Å²) in [4.78, 5) is 20.8. The Morgan fingerprint density at radius 2 is 1.90 bits per heavy atom. The van der Waals surface area contributed by atoms with Gasteiger partial charge in [0.1, 0.15) is 20.6 Å². The van der Waals surface area contributed by atoms with E-state index in [1.165, 1.54) is 20.0 Å². The Morgan fingerprint density at radius 3 is 2.38 bits per heavy atom. The van der Waals surface area contributed by atoms with Gasteiger partial charge in [-0.15, -0.1) is 15.7 Å². The third-order valence-corrected chi connectivity index (χ3v) is 7.42. The largest absolute Gasteiger partial charge is 0.383 e. The molecule has 10 heteroatoms. The van der Waals surface area contributed by atoms with Crippen LogP contribution in [-0.4, -0.2) is 25.2 Å². The van der Waals surface area contributed by atoms with Gasteiger partial charge in [-0.1, -0.05) is 27.7 Å². The van der Waals surface area contributed by atoms with Gasteiger partial charge in [0.05, 0.1) is 18.8 Å². The van der Waals surface area contributed by atoms with Gasteiger partial charge in [0, 0.05) is 5.69 Å². The number of rotatable bonds is 6. The number of hydrogen-bond acceptors (Lipinski definition) is 6. The third kappa shape index (κ3) is 5.44. The molecule has 0 aliphatic rings. The summed E-state index contributed by atoms with van der Waals surface area (Å²) in [5.41, 5.74) is 0.233. The second-order valence-corrected chi connectivity index (χ2v) is 11.0. The van der Waals surface area contributed by atoms with Gasteiger partial charge in [0.15, 0.2) is 9.92 Å². The molecule has 1 amide bonds. The SMILES string of the molecule is CC(C)c1ncc(F)c(C(C)C)c1CC(=O)N=S(N)(=O)c1cnc(C(C)(C)O)s1. The highest BCUT2D eigenvalue weighted by Crippen LogP contribution is 2.30. The fraction of sp³-hybridized carbons (Fsp3) is 0.526. The fourth-order valence-electron chi connectivity index (χ4n) is 2.92. The molecule has 0 fully saturated rings. The van der Waals surface area contributed by atoms with Gasteiger partial charge in [-0.3, -0.25) is 9.78 Å². The summed E-state index contributed by atoms with van der Waals surface area (Å²) in [5, 5.41) is 16.1. The zero-order valence-corrected chi connectivity index (χ0v) is 19.0. The summed E-state index contributed by atoms with van der Waals surface area (Å²) < 4.78 is 31.0. The number of aromatic nitrogens is 2. The van der Waals surface area contributed by atoms with Gasteiger partial charge in [-0.2, -0.15) is 0 Å². The molecule has 0 radical (unpaired) electrons. The van der Waals surface area contributed by atoms with Crippen LogP contribution in [0.15, 0.2) is 21.0 Å². The Morgan fingerprint density at radius 1 is 1.28 bits per heavy atom. The van der Waals surface area contributed by atoms with E-state index in [1.54, 1.807) is 0 Å². The van der Waals surface area contributed by atoms with Crippen molar-refractivity contribution in [2.75, 3.05) is 0 Å². The summed E-state index contributed by atoms with van der Waals surface area (Å²) in [5.74, 6) is -1.42. The lowest BCUT2D eigenvalue weighted by atomic mass is 9.90. The Balaban J connectivity index is 2.46. The second-order valence-electron chi connectivity index (χ2n) is 7.97. The number of carbonyl (C=O) groups is 1. The van der Waals surface area contributed by atoms with E-state index in [2.05, 4.69) is 14.3 Å². The van der Waals surface area contributed by atoms with Gasteiger partial charge >= 0.3 is 0 Å². The van der Waals surface area contributed by atoms with Crippen molar-refractivity contribution in [3.63, 3.8) is 0 Å². The van der Waals surface area contributed by atoms with Crippen LogP contribution in [0.5, 0.6) is 0 Å². The van der Waals surface area contributed by atoms with Crippen molar-refractivity contribution in [3.05, 3.63) is 40.0 Å². The van der Waals surface area contributed by atoms with E-state index in [9.17, 15) is 18.5 Å². The van der Waals surface area contributed by atoms with Crippen molar-refractivity contribution in [2.24, 2.45) is 9.50 Å². The first kappa shape index (κ1) is 23.5. The zero-order valence-electron chi connectivity index (χ0n) is 17.4. The minimum absolute atomic E-state index is 0.0334. The predicted molar refractivity (Wildman–Crippen MR) is 111 cm³/mol. The smallest absolute Gasteiger partial charge is 0.259 e. The molecule has 2 aromatic heterocycles. The maximum Gasteiger partial charge on any atom is 0.259 e. The lowest BCUT2D eigenvalue weighted by molar-refractivity contribution is -0.117. The molecule has 2 heterocycles. The molecule has 0 bridgehead atoms. The molecule has 1 unspecified atom stereocenters. The summed E-state index contributed by atoms with van der Waals surface area (Å²) in [6.07, 6.45) is 2.16. The standard InChI is InChI=1S/C19H27FN4O3S2/c1-10(2)16-12(17(11(3)4)22-8-13(16)20)7-14(25)24-29(21,27)15-9-23-18(28-15)19(5,6)26/h8-11,26H,7H2,1-6H3,(H2,21,24,25,27). The summed E-state index contributed by atoms with van der Waals surface area (Å²) in [6, 6.07) is 0. The average molecular weight is 443 g/mol. The van der Waals surface area contributed by atoms with Gasteiger partial charge < -0.3 is 5.11 Å². The number of hydrogen-bond donors (Lipinski definition) is 2. The quantitative estimate of drug-likeness (QED) is 0.708. The number of carbonyl (C=O) groups excluding carboxylic acids is 1. The van der Waals surface area contributed by atoms with Gasteiger partial charge in [-0.25, -0.2) is 18.7 Å². The molecule has 0 aliphatic carbocycles. The van der Waals surface area contributed by atoms with E-state index in [1.807, 2.05) is 27.7 Å². The lowest BCUT2D eigenvalue weighted by Crippen LogP contribution is -2.17. The maximum absolute atomic E-state index is 14.4. The van der Waals surface area contributed by atoms with Crippen LogP contribution in [0.4, 0.5) is 4.39 Å². The molecular formula is C19H27FN4O3S2. The number of pyridine rings is 1. The van der Waals surface area contributed by atoms with E-state index in [0.29, 0.717) is 21.8 Å². The van der Waals surface area contributed by atoms with Crippen molar-refractivity contribution in [3.8, 4) is 0 Å². The number of nitrogens with two attached hydrogens (primary N) is 1. The molecule has 160 valence electrons. The van der Waals surface area contributed by atoms with E-state index in [0.717, 1.165) is 17.5 Å². The molecular weight excluding hydrogens is 415 g/mol. The van der Waals surface area contributed by atoms with Crippen LogP contribution in [0, 0.1) is 5.82 Å². The van der Waals surface area contributed by atoms with Crippen LogP contribution in [-0.2, 0) is 26.7 Å². The molecule has 0 saturated heterocycles.